The molecule has 1 saturated heterocycles. The molecule has 2 N–H and O–H groups in total. The molecule has 1 fully saturated rings. The molecule has 1 aliphatic rings. The van der Waals surface area contributed by atoms with Crippen molar-refractivity contribution < 1.29 is 4.79 Å². The lowest BCUT2D eigenvalue weighted by atomic mass is 9.90. The summed E-state index contributed by atoms with van der Waals surface area (Å²) in [5.41, 5.74) is -0.387. The maximum atomic E-state index is 12.1. The fourth-order valence-corrected chi connectivity index (χ4v) is 3.49. The second-order valence-electron chi connectivity index (χ2n) is 4.59. The number of thiophene rings is 1. The van der Waals surface area contributed by atoms with E-state index in [1.54, 1.807) is 11.3 Å². The average molecular weight is 354 g/mol. The predicted octanol–water partition coefficient (Wildman–Crippen LogP) is 3.08. The molecule has 1 atom stereocenters. The van der Waals surface area contributed by atoms with Gasteiger partial charge in [0.25, 0.3) is 0 Å². The van der Waals surface area contributed by atoms with Crippen molar-refractivity contribution in [3.05, 3.63) is 20.8 Å². The molecule has 1 unspecified atom stereocenters. The zero-order chi connectivity index (χ0) is 12.3. The number of hydrogen-bond acceptors (Lipinski definition) is 3. The number of nitrogens with one attached hydrogen (secondary N) is 2. The summed E-state index contributed by atoms with van der Waals surface area (Å²) in [6, 6.07) is 2.01. The highest BCUT2D eigenvalue weighted by atomic mass is 79.9. The molecule has 1 aromatic heterocycles. The Morgan fingerprint density at radius 1 is 1.61 bits per heavy atom. The lowest BCUT2D eigenvalue weighted by Gasteiger charge is -2.33. The van der Waals surface area contributed by atoms with Gasteiger partial charge in [0.2, 0.25) is 5.91 Å². The molecule has 0 aromatic carbocycles. The van der Waals surface area contributed by atoms with Crippen molar-refractivity contribution >= 4 is 45.6 Å². The SMILES string of the molecule is CC1(C(=O)NCc2sccc2Br)CCCCN1.Cl. The van der Waals surface area contributed by atoms with E-state index >= 15 is 0 Å². The summed E-state index contributed by atoms with van der Waals surface area (Å²) in [5.74, 6) is 0.109. The molecule has 6 heteroatoms. The lowest BCUT2D eigenvalue weighted by molar-refractivity contribution is -0.128. The van der Waals surface area contributed by atoms with Crippen molar-refractivity contribution in [3.8, 4) is 0 Å². The van der Waals surface area contributed by atoms with E-state index in [2.05, 4.69) is 26.6 Å². The van der Waals surface area contributed by atoms with Gasteiger partial charge < -0.3 is 10.6 Å². The standard InChI is InChI=1S/C12H17BrN2OS.ClH/c1-12(5-2-3-6-15-12)11(16)14-8-10-9(13)4-7-17-10;/h4,7,15H,2-3,5-6,8H2,1H3,(H,14,16);1H. The van der Waals surface area contributed by atoms with Crippen molar-refractivity contribution in [1.82, 2.24) is 10.6 Å². The summed E-state index contributed by atoms with van der Waals surface area (Å²) in [5, 5.41) is 8.35. The lowest BCUT2D eigenvalue weighted by Crippen LogP contribution is -2.56. The highest BCUT2D eigenvalue weighted by Crippen LogP contribution is 2.23. The van der Waals surface area contributed by atoms with Gasteiger partial charge in [-0.3, -0.25) is 4.79 Å². The summed E-state index contributed by atoms with van der Waals surface area (Å²) in [6.45, 7) is 3.53. The van der Waals surface area contributed by atoms with E-state index in [0.717, 1.165) is 28.7 Å². The molecule has 1 amide bonds. The van der Waals surface area contributed by atoms with Gasteiger partial charge in [0.05, 0.1) is 12.1 Å². The molecule has 3 nitrogen and oxygen atoms in total. The Morgan fingerprint density at radius 2 is 2.39 bits per heavy atom. The van der Waals surface area contributed by atoms with Crippen molar-refractivity contribution in [2.24, 2.45) is 0 Å². The van der Waals surface area contributed by atoms with Crippen LogP contribution >= 0.6 is 39.7 Å². The van der Waals surface area contributed by atoms with Gasteiger partial charge in [0.15, 0.2) is 0 Å². The Bertz CT molecular complexity index is 405. The highest BCUT2D eigenvalue weighted by Gasteiger charge is 2.33. The molecule has 102 valence electrons. The van der Waals surface area contributed by atoms with Crippen LogP contribution in [0.25, 0.3) is 0 Å². The third kappa shape index (κ3) is 3.70. The second kappa shape index (κ2) is 6.89. The van der Waals surface area contributed by atoms with Crippen LogP contribution in [0.15, 0.2) is 15.9 Å². The summed E-state index contributed by atoms with van der Waals surface area (Å²) >= 11 is 5.12. The van der Waals surface area contributed by atoms with E-state index < -0.39 is 0 Å². The minimum absolute atomic E-state index is 0. The average Bonchev–Trinajstić information content (AvgIpc) is 2.73. The van der Waals surface area contributed by atoms with Gasteiger partial charge in [-0.15, -0.1) is 23.7 Å². The van der Waals surface area contributed by atoms with Gasteiger partial charge in [0, 0.05) is 9.35 Å². The maximum absolute atomic E-state index is 12.1. The van der Waals surface area contributed by atoms with Crippen LogP contribution in [0.2, 0.25) is 0 Å². The molecule has 1 aromatic rings. The Labute approximate surface area is 126 Å². The zero-order valence-electron chi connectivity index (χ0n) is 10.3. The van der Waals surface area contributed by atoms with Gasteiger partial charge in [0.1, 0.15) is 0 Å². The van der Waals surface area contributed by atoms with Gasteiger partial charge >= 0.3 is 0 Å². The number of halogens is 2. The third-order valence-corrected chi connectivity index (χ3v) is 5.15. The summed E-state index contributed by atoms with van der Waals surface area (Å²) in [6.07, 6.45) is 3.21. The van der Waals surface area contributed by atoms with Crippen LogP contribution in [0.4, 0.5) is 0 Å². The minimum Gasteiger partial charge on any atom is -0.350 e. The van der Waals surface area contributed by atoms with Crippen LogP contribution in [0, 0.1) is 0 Å². The molecule has 0 radical (unpaired) electrons. The molecule has 0 aliphatic carbocycles. The Morgan fingerprint density at radius 3 is 2.94 bits per heavy atom. The van der Waals surface area contributed by atoms with E-state index in [1.165, 1.54) is 6.42 Å². The van der Waals surface area contributed by atoms with Crippen LogP contribution in [-0.2, 0) is 11.3 Å². The number of hydrogen-bond donors (Lipinski definition) is 2. The monoisotopic (exact) mass is 352 g/mol. The van der Waals surface area contributed by atoms with Crippen LogP contribution < -0.4 is 10.6 Å². The number of carbonyl (C=O) groups excluding carboxylic acids is 1. The van der Waals surface area contributed by atoms with Gasteiger partial charge in [-0.05, 0) is 60.1 Å². The molecule has 0 saturated carbocycles. The van der Waals surface area contributed by atoms with E-state index in [4.69, 9.17) is 0 Å². The van der Waals surface area contributed by atoms with Crippen LogP contribution in [-0.4, -0.2) is 18.0 Å². The Balaban J connectivity index is 0.00000162. The van der Waals surface area contributed by atoms with E-state index in [0.29, 0.717) is 6.54 Å². The maximum Gasteiger partial charge on any atom is 0.240 e. The fraction of sp³-hybridized carbons (Fsp3) is 0.583. The Hall–Kier alpha value is -0.100. The number of piperidine rings is 1. The topological polar surface area (TPSA) is 41.1 Å². The zero-order valence-corrected chi connectivity index (χ0v) is 13.5. The van der Waals surface area contributed by atoms with Crippen LogP contribution in [0.1, 0.15) is 31.1 Å². The van der Waals surface area contributed by atoms with E-state index in [9.17, 15) is 4.79 Å². The first-order chi connectivity index (χ1) is 8.12. The molecule has 0 spiro atoms. The molecule has 1 aliphatic heterocycles. The van der Waals surface area contributed by atoms with Gasteiger partial charge in [-0.1, -0.05) is 0 Å². The van der Waals surface area contributed by atoms with Gasteiger partial charge in [-0.2, -0.15) is 0 Å². The molecule has 18 heavy (non-hydrogen) atoms. The first-order valence-electron chi connectivity index (χ1n) is 5.87. The molecule has 0 bridgehead atoms. The minimum atomic E-state index is -0.387. The quantitative estimate of drug-likeness (QED) is 0.877. The van der Waals surface area contributed by atoms with Crippen molar-refractivity contribution in [2.45, 2.75) is 38.3 Å². The number of rotatable bonds is 3. The van der Waals surface area contributed by atoms with E-state index in [1.807, 2.05) is 18.4 Å². The smallest absolute Gasteiger partial charge is 0.240 e. The first-order valence-corrected chi connectivity index (χ1v) is 7.54. The third-order valence-electron chi connectivity index (χ3n) is 3.22. The number of amides is 1. The van der Waals surface area contributed by atoms with Crippen molar-refractivity contribution in [1.29, 1.82) is 0 Å². The molecule has 2 rings (SSSR count). The molecular weight excluding hydrogens is 336 g/mol. The van der Waals surface area contributed by atoms with E-state index in [-0.39, 0.29) is 23.9 Å². The molecule has 2 heterocycles. The van der Waals surface area contributed by atoms with Crippen molar-refractivity contribution in [3.63, 3.8) is 0 Å². The number of carbonyl (C=O) groups is 1. The highest BCUT2D eigenvalue weighted by molar-refractivity contribution is 9.10. The Kier molecular flexibility index (Phi) is 6.11. The second-order valence-corrected chi connectivity index (χ2v) is 6.45. The fourth-order valence-electron chi connectivity index (χ4n) is 2.06. The van der Waals surface area contributed by atoms with Crippen LogP contribution in [0.5, 0.6) is 0 Å². The van der Waals surface area contributed by atoms with Crippen LogP contribution in [0.3, 0.4) is 0 Å². The summed E-state index contributed by atoms with van der Waals surface area (Å²) in [4.78, 5) is 13.3. The summed E-state index contributed by atoms with van der Waals surface area (Å²) in [7, 11) is 0. The predicted molar refractivity (Wildman–Crippen MR) is 81.4 cm³/mol. The first kappa shape index (κ1) is 16.0. The largest absolute Gasteiger partial charge is 0.350 e. The van der Waals surface area contributed by atoms with Crippen molar-refractivity contribution in [2.75, 3.05) is 6.54 Å². The van der Waals surface area contributed by atoms with Gasteiger partial charge in [-0.25, -0.2) is 0 Å². The normalized spacial score (nSPS) is 23.2. The summed E-state index contributed by atoms with van der Waals surface area (Å²) < 4.78 is 1.07. The molecular formula is C12H18BrClN2OS.